The number of hydrogen-bond donors (Lipinski definition) is 0. The van der Waals surface area contributed by atoms with Crippen LogP contribution in [0.15, 0.2) is 152 Å². The molecule has 0 unspecified atom stereocenters. The summed E-state index contributed by atoms with van der Waals surface area (Å²) < 4.78 is 0. The third kappa shape index (κ3) is 3.05. The first-order valence-electron chi connectivity index (χ1n) is 13.5. The fourth-order valence-electron chi connectivity index (χ4n) is 6.86. The number of benzene rings is 6. The maximum absolute atomic E-state index is 4.86. The first-order valence-corrected chi connectivity index (χ1v) is 13.5. The highest BCUT2D eigenvalue weighted by Crippen LogP contribution is 2.58. The summed E-state index contributed by atoms with van der Waals surface area (Å²) in [5, 5.41) is 3.58. The van der Waals surface area contributed by atoms with E-state index in [1.807, 2.05) is 12.3 Å². The van der Waals surface area contributed by atoms with E-state index in [9.17, 15) is 0 Å². The van der Waals surface area contributed by atoms with E-state index in [0.717, 1.165) is 10.9 Å². The minimum atomic E-state index is -0.407. The Bertz CT molecular complexity index is 1970. The second kappa shape index (κ2) is 8.51. The van der Waals surface area contributed by atoms with Gasteiger partial charge in [-0.1, -0.05) is 140 Å². The van der Waals surface area contributed by atoms with Gasteiger partial charge in [-0.2, -0.15) is 0 Å². The smallest absolute Gasteiger partial charge is 0.0786 e. The minimum Gasteiger partial charge on any atom is -0.256 e. The molecule has 6 aromatic carbocycles. The van der Waals surface area contributed by atoms with Gasteiger partial charge in [0, 0.05) is 17.0 Å². The van der Waals surface area contributed by atoms with E-state index in [2.05, 4.69) is 140 Å². The van der Waals surface area contributed by atoms with Gasteiger partial charge in [-0.3, -0.25) is 4.98 Å². The van der Waals surface area contributed by atoms with Crippen LogP contribution in [0.25, 0.3) is 43.9 Å². The standard InChI is InChI=1S/C38H25N/c1-3-14-28(15-4-1)38(29-16-5-2-6-17-29)33-21-8-7-18-32(33)36-31(20-10-22-34(36)38)30-19-9-12-26-23-24-27-13-11-25-39-37(27)35(26)30/h1-25H. The van der Waals surface area contributed by atoms with E-state index in [1.165, 1.54) is 55.3 Å². The number of hydrogen-bond acceptors (Lipinski definition) is 1. The van der Waals surface area contributed by atoms with Gasteiger partial charge in [0.1, 0.15) is 0 Å². The Kier molecular flexibility index (Phi) is 4.80. The Morgan fingerprint density at radius 2 is 1.00 bits per heavy atom. The Balaban J connectivity index is 1.54. The van der Waals surface area contributed by atoms with Gasteiger partial charge in [0.25, 0.3) is 0 Å². The lowest BCUT2D eigenvalue weighted by atomic mass is 9.67. The third-order valence-electron chi connectivity index (χ3n) is 8.39. The number of rotatable bonds is 3. The highest BCUT2D eigenvalue weighted by Gasteiger charge is 2.46. The molecule has 0 radical (unpaired) electrons. The van der Waals surface area contributed by atoms with Crippen LogP contribution >= 0.6 is 0 Å². The Morgan fingerprint density at radius 1 is 0.410 bits per heavy atom. The Labute approximate surface area is 228 Å². The molecule has 7 aromatic rings. The molecule has 1 nitrogen and oxygen atoms in total. The zero-order valence-corrected chi connectivity index (χ0v) is 21.4. The number of aromatic nitrogens is 1. The van der Waals surface area contributed by atoms with Gasteiger partial charge >= 0.3 is 0 Å². The lowest BCUT2D eigenvalue weighted by molar-refractivity contribution is 0.768. The summed E-state index contributed by atoms with van der Waals surface area (Å²) in [7, 11) is 0. The van der Waals surface area contributed by atoms with Gasteiger partial charge in [-0.05, 0) is 56.0 Å². The molecule has 0 amide bonds. The predicted molar refractivity (Wildman–Crippen MR) is 162 cm³/mol. The summed E-state index contributed by atoms with van der Waals surface area (Å²) in [6.07, 6.45) is 1.90. The van der Waals surface area contributed by atoms with Gasteiger partial charge in [0.2, 0.25) is 0 Å². The second-order valence-corrected chi connectivity index (χ2v) is 10.3. The normalized spacial score (nSPS) is 13.3. The van der Waals surface area contributed by atoms with Crippen molar-refractivity contribution in [3.63, 3.8) is 0 Å². The van der Waals surface area contributed by atoms with Crippen LogP contribution in [0.2, 0.25) is 0 Å². The molecule has 1 heteroatoms. The molecule has 1 aliphatic rings. The molecular weight excluding hydrogens is 470 g/mol. The van der Waals surface area contributed by atoms with Crippen LogP contribution in [0.4, 0.5) is 0 Å². The van der Waals surface area contributed by atoms with Gasteiger partial charge in [-0.25, -0.2) is 0 Å². The summed E-state index contributed by atoms with van der Waals surface area (Å²) >= 11 is 0. The van der Waals surface area contributed by atoms with E-state index in [-0.39, 0.29) is 0 Å². The van der Waals surface area contributed by atoms with Crippen LogP contribution in [0.3, 0.4) is 0 Å². The van der Waals surface area contributed by atoms with E-state index >= 15 is 0 Å². The Hall–Kier alpha value is -5.01. The average Bonchev–Trinajstić information content (AvgIpc) is 3.33. The zero-order chi connectivity index (χ0) is 25.8. The van der Waals surface area contributed by atoms with Crippen molar-refractivity contribution in [2.75, 3.05) is 0 Å². The molecule has 182 valence electrons. The molecule has 0 saturated heterocycles. The van der Waals surface area contributed by atoms with Crippen molar-refractivity contribution in [2.24, 2.45) is 0 Å². The van der Waals surface area contributed by atoms with Gasteiger partial charge in [0.05, 0.1) is 10.9 Å². The number of pyridine rings is 1. The molecule has 0 spiro atoms. The van der Waals surface area contributed by atoms with Crippen molar-refractivity contribution in [1.29, 1.82) is 0 Å². The van der Waals surface area contributed by atoms with Crippen LogP contribution in [-0.2, 0) is 5.41 Å². The highest BCUT2D eigenvalue weighted by molar-refractivity contribution is 6.14. The van der Waals surface area contributed by atoms with Crippen molar-refractivity contribution in [1.82, 2.24) is 4.98 Å². The molecule has 0 fully saturated rings. The molecule has 1 heterocycles. The van der Waals surface area contributed by atoms with Crippen molar-refractivity contribution >= 4 is 21.7 Å². The van der Waals surface area contributed by atoms with Crippen molar-refractivity contribution < 1.29 is 0 Å². The fourth-order valence-corrected chi connectivity index (χ4v) is 6.86. The first-order chi connectivity index (χ1) is 19.4. The Morgan fingerprint density at radius 3 is 1.79 bits per heavy atom. The molecule has 0 bridgehead atoms. The zero-order valence-electron chi connectivity index (χ0n) is 21.4. The molecule has 0 N–H and O–H groups in total. The van der Waals surface area contributed by atoms with Crippen LogP contribution in [0.5, 0.6) is 0 Å². The molecule has 1 aromatic heterocycles. The van der Waals surface area contributed by atoms with E-state index < -0.39 is 5.41 Å². The quantitative estimate of drug-likeness (QED) is 0.222. The molecule has 1 aliphatic carbocycles. The number of fused-ring (bicyclic) bond motifs is 6. The second-order valence-electron chi connectivity index (χ2n) is 10.3. The predicted octanol–water partition coefficient (Wildman–Crippen LogP) is 9.42. The van der Waals surface area contributed by atoms with Gasteiger partial charge in [-0.15, -0.1) is 0 Å². The first kappa shape index (κ1) is 22.0. The molecule has 0 saturated carbocycles. The SMILES string of the molecule is c1ccc(C2(c3ccccc3)c3ccccc3-c3c(-c4cccc5ccc6cccnc6c45)cccc32)cc1. The molecule has 39 heavy (non-hydrogen) atoms. The third-order valence-corrected chi connectivity index (χ3v) is 8.39. The monoisotopic (exact) mass is 495 g/mol. The van der Waals surface area contributed by atoms with Crippen molar-refractivity contribution in [3.05, 3.63) is 174 Å². The van der Waals surface area contributed by atoms with Crippen LogP contribution in [0, 0.1) is 0 Å². The molecule has 0 aliphatic heterocycles. The largest absolute Gasteiger partial charge is 0.256 e. The van der Waals surface area contributed by atoms with Gasteiger partial charge in [0.15, 0.2) is 0 Å². The van der Waals surface area contributed by atoms with Crippen molar-refractivity contribution in [3.8, 4) is 22.3 Å². The summed E-state index contributed by atoms with van der Waals surface area (Å²) in [5.41, 5.74) is 10.9. The number of nitrogens with zero attached hydrogens (tertiary/aromatic N) is 1. The van der Waals surface area contributed by atoms with E-state index in [1.54, 1.807) is 0 Å². The summed E-state index contributed by atoms with van der Waals surface area (Å²) in [4.78, 5) is 4.86. The van der Waals surface area contributed by atoms with Crippen LogP contribution in [0.1, 0.15) is 22.3 Å². The van der Waals surface area contributed by atoms with E-state index in [0.29, 0.717) is 0 Å². The maximum atomic E-state index is 4.86. The topological polar surface area (TPSA) is 12.9 Å². The summed E-state index contributed by atoms with van der Waals surface area (Å²) in [6.45, 7) is 0. The lowest BCUT2D eigenvalue weighted by Gasteiger charge is -2.34. The van der Waals surface area contributed by atoms with Crippen LogP contribution < -0.4 is 0 Å². The summed E-state index contributed by atoms with van der Waals surface area (Å²) in [6, 6.07) is 53.0. The minimum absolute atomic E-state index is 0.407. The van der Waals surface area contributed by atoms with Crippen molar-refractivity contribution in [2.45, 2.75) is 5.41 Å². The summed E-state index contributed by atoms with van der Waals surface area (Å²) in [5.74, 6) is 0. The van der Waals surface area contributed by atoms with E-state index in [4.69, 9.17) is 4.98 Å². The molecular formula is C38H25N. The van der Waals surface area contributed by atoms with Gasteiger partial charge < -0.3 is 0 Å². The average molecular weight is 496 g/mol. The molecule has 8 rings (SSSR count). The fraction of sp³-hybridized carbons (Fsp3) is 0.0263. The maximum Gasteiger partial charge on any atom is 0.0786 e. The van der Waals surface area contributed by atoms with Crippen LogP contribution in [-0.4, -0.2) is 4.98 Å². The highest BCUT2D eigenvalue weighted by atomic mass is 14.6. The molecule has 0 atom stereocenters. The lowest BCUT2D eigenvalue weighted by Crippen LogP contribution is -2.28.